The summed E-state index contributed by atoms with van der Waals surface area (Å²) in [6.07, 6.45) is 0.804. The number of hydrogen-bond acceptors (Lipinski definition) is 3. The lowest BCUT2D eigenvalue weighted by Gasteiger charge is -2.12. The molecule has 0 spiro atoms. The van der Waals surface area contributed by atoms with Gasteiger partial charge in [0.15, 0.2) is 0 Å². The van der Waals surface area contributed by atoms with Crippen LogP contribution < -0.4 is 10.3 Å². The van der Waals surface area contributed by atoms with Gasteiger partial charge in [-0.15, -0.1) is 0 Å². The second kappa shape index (κ2) is 6.02. The molecule has 22 heavy (non-hydrogen) atoms. The van der Waals surface area contributed by atoms with E-state index in [2.05, 4.69) is 17.1 Å². The Labute approximate surface area is 129 Å². The van der Waals surface area contributed by atoms with Crippen LogP contribution in [0.15, 0.2) is 53.3 Å². The quantitative estimate of drug-likeness (QED) is 0.743. The van der Waals surface area contributed by atoms with Crippen molar-refractivity contribution in [3.05, 3.63) is 70.3 Å². The summed E-state index contributed by atoms with van der Waals surface area (Å²) in [6.45, 7) is 2.48. The highest BCUT2D eigenvalue weighted by Crippen LogP contribution is 2.21. The van der Waals surface area contributed by atoms with Crippen molar-refractivity contribution in [2.24, 2.45) is 0 Å². The number of benzene rings is 2. The molecule has 1 aromatic heterocycles. The van der Waals surface area contributed by atoms with Crippen molar-refractivity contribution in [1.29, 1.82) is 0 Å². The van der Waals surface area contributed by atoms with E-state index in [1.165, 1.54) is 5.56 Å². The Bertz CT molecular complexity index is 854. The monoisotopic (exact) mass is 294 g/mol. The number of fused-ring (bicyclic) bond motifs is 1. The number of para-hydroxylation sites is 1. The van der Waals surface area contributed by atoms with Crippen LogP contribution in [0, 0.1) is 6.92 Å². The molecule has 2 aromatic carbocycles. The zero-order valence-electron chi connectivity index (χ0n) is 12.7. The molecule has 0 amide bonds. The topological polar surface area (TPSA) is 44.1 Å². The average Bonchev–Trinajstić information content (AvgIpc) is 2.55. The van der Waals surface area contributed by atoms with Gasteiger partial charge in [0.25, 0.3) is 5.56 Å². The standard InChI is InChI=1S/C18H18N2O2/c1-13-19-17-15(9-6-10-16(17)22-2)18(21)20(13)12-11-14-7-4-3-5-8-14/h3-10H,11-12H2,1-2H3. The van der Waals surface area contributed by atoms with Crippen molar-refractivity contribution < 1.29 is 4.74 Å². The van der Waals surface area contributed by atoms with Crippen LogP contribution >= 0.6 is 0 Å². The van der Waals surface area contributed by atoms with Gasteiger partial charge < -0.3 is 4.74 Å². The molecule has 0 fully saturated rings. The van der Waals surface area contributed by atoms with Gasteiger partial charge in [0.2, 0.25) is 0 Å². The Kier molecular flexibility index (Phi) is 3.92. The van der Waals surface area contributed by atoms with E-state index in [-0.39, 0.29) is 5.56 Å². The molecule has 0 saturated carbocycles. The van der Waals surface area contributed by atoms with Gasteiger partial charge >= 0.3 is 0 Å². The molecule has 3 aromatic rings. The number of methoxy groups -OCH3 is 1. The second-order valence-electron chi connectivity index (χ2n) is 5.21. The van der Waals surface area contributed by atoms with Crippen molar-refractivity contribution in [2.45, 2.75) is 19.9 Å². The van der Waals surface area contributed by atoms with Crippen LogP contribution in [0.2, 0.25) is 0 Å². The minimum absolute atomic E-state index is 0.0164. The lowest BCUT2D eigenvalue weighted by Crippen LogP contribution is -2.25. The van der Waals surface area contributed by atoms with Gasteiger partial charge in [-0.1, -0.05) is 36.4 Å². The van der Waals surface area contributed by atoms with Gasteiger partial charge in [0.1, 0.15) is 17.1 Å². The number of nitrogens with zero attached hydrogens (tertiary/aromatic N) is 2. The summed E-state index contributed by atoms with van der Waals surface area (Å²) in [6, 6.07) is 15.6. The van der Waals surface area contributed by atoms with Crippen LogP contribution in [0.25, 0.3) is 10.9 Å². The lowest BCUT2D eigenvalue weighted by molar-refractivity contribution is 0.418. The highest BCUT2D eigenvalue weighted by Gasteiger charge is 2.11. The van der Waals surface area contributed by atoms with Gasteiger partial charge in [0, 0.05) is 6.54 Å². The van der Waals surface area contributed by atoms with Crippen LogP contribution in [0.4, 0.5) is 0 Å². The number of rotatable bonds is 4. The second-order valence-corrected chi connectivity index (χ2v) is 5.21. The van der Waals surface area contributed by atoms with E-state index in [1.807, 2.05) is 37.3 Å². The number of aryl methyl sites for hydroxylation is 2. The molecule has 0 radical (unpaired) electrons. The Morgan fingerprint density at radius 3 is 2.59 bits per heavy atom. The predicted molar refractivity (Wildman–Crippen MR) is 87.4 cm³/mol. The summed E-state index contributed by atoms with van der Waals surface area (Å²) in [4.78, 5) is 17.3. The molecular formula is C18H18N2O2. The maximum atomic E-state index is 12.7. The van der Waals surface area contributed by atoms with Crippen LogP contribution in [0.1, 0.15) is 11.4 Å². The van der Waals surface area contributed by atoms with Crippen molar-refractivity contribution >= 4 is 10.9 Å². The molecule has 112 valence electrons. The van der Waals surface area contributed by atoms with Crippen molar-refractivity contribution in [3.8, 4) is 5.75 Å². The Morgan fingerprint density at radius 2 is 1.86 bits per heavy atom. The van der Waals surface area contributed by atoms with E-state index < -0.39 is 0 Å². The Balaban J connectivity index is 2.02. The maximum Gasteiger partial charge on any atom is 0.261 e. The first-order valence-electron chi connectivity index (χ1n) is 7.29. The molecule has 4 nitrogen and oxygen atoms in total. The fourth-order valence-corrected chi connectivity index (χ4v) is 2.64. The highest BCUT2D eigenvalue weighted by atomic mass is 16.5. The summed E-state index contributed by atoms with van der Waals surface area (Å²) in [5, 5.41) is 0.595. The number of ether oxygens (including phenoxy) is 1. The molecule has 1 heterocycles. The third-order valence-corrected chi connectivity index (χ3v) is 3.83. The molecule has 0 aliphatic rings. The van der Waals surface area contributed by atoms with Crippen LogP contribution in [0.3, 0.4) is 0 Å². The summed E-state index contributed by atoms with van der Waals surface area (Å²) < 4.78 is 7.03. The first-order chi connectivity index (χ1) is 10.7. The summed E-state index contributed by atoms with van der Waals surface area (Å²) in [5.74, 6) is 1.34. The fourth-order valence-electron chi connectivity index (χ4n) is 2.64. The molecule has 0 atom stereocenters. The van der Waals surface area contributed by atoms with Crippen molar-refractivity contribution in [1.82, 2.24) is 9.55 Å². The van der Waals surface area contributed by atoms with E-state index in [9.17, 15) is 4.79 Å². The summed E-state index contributed by atoms with van der Waals surface area (Å²) in [5.41, 5.74) is 1.82. The van der Waals surface area contributed by atoms with E-state index in [0.29, 0.717) is 29.0 Å². The van der Waals surface area contributed by atoms with Crippen LogP contribution in [-0.4, -0.2) is 16.7 Å². The van der Waals surface area contributed by atoms with Crippen LogP contribution in [-0.2, 0) is 13.0 Å². The number of hydrogen-bond donors (Lipinski definition) is 0. The van der Waals surface area contributed by atoms with E-state index in [0.717, 1.165) is 6.42 Å². The molecule has 4 heteroatoms. The lowest BCUT2D eigenvalue weighted by atomic mass is 10.1. The van der Waals surface area contributed by atoms with Crippen LogP contribution in [0.5, 0.6) is 5.75 Å². The van der Waals surface area contributed by atoms with Gasteiger partial charge in [-0.25, -0.2) is 4.98 Å². The van der Waals surface area contributed by atoms with E-state index >= 15 is 0 Å². The highest BCUT2D eigenvalue weighted by molar-refractivity contribution is 5.83. The SMILES string of the molecule is COc1cccc2c(=O)n(CCc3ccccc3)c(C)nc12. The average molecular weight is 294 g/mol. The summed E-state index contributed by atoms with van der Waals surface area (Å²) in [7, 11) is 1.59. The van der Waals surface area contributed by atoms with Crippen molar-refractivity contribution in [2.75, 3.05) is 7.11 Å². The molecule has 0 N–H and O–H groups in total. The first kappa shape index (κ1) is 14.3. The molecular weight excluding hydrogens is 276 g/mol. The normalized spacial score (nSPS) is 10.8. The zero-order valence-corrected chi connectivity index (χ0v) is 12.7. The molecule has 0 bridgehead atoms. The van der Waals surface area contributed by atoms with Gasteiger partial charge in [0.05, 0.1) is 12.5 Å². The maximum absolute atomic E-state index is 12.7. The van der Waals surface area contributed by atoms with E-state index in [4.69, 9.17) is 4.74 Å². The molecule has 0 aliphatic carbocycles. The largest absolute Gasteiger partial charge is 0.494 e. The fraction of sp³-hybridized carbons (Fsp3) is 0.222. The zero-order chi connectivity index (χ0) is 15.5. The third kappa shape index (κ3) is 2.60. The predicted octanol–water partition coefficient (Wildman–Crippen LogP) is 2.96. The first-order valence-corrected chi connectivity index (χ1v) is 7.29. The number of aromatic nitrogens is 2. The Hall–Kier alpha value is -2.62. The third-order valence-electron chi connectivity index (χ3n) is 3.83. The molecule has 0 aliphatic heterocycles. The molecule has 0 saturated heterocycles. The minimum Gasteiger partial charge on any atom is -0.494 e. The molecule has 0 unspecified atom stereocenters. The molecule has 3 rings (SSSR count). The minimum atomic E-state index is -0.0164. The van der Waals surface area contributed by atoms with Gasteiger partial charge in [-0.05, 0) is 31.0 Å². The van der Waals surface area contributed by atoms with E-state index in [1.54, 1.807) is 17.7 Å². The smallest absolute Gasteiger partial charge is 0.261 e. The Morgan fingerprint density at radius 1 is 1.09 bits per heavy atom. The summed E-state index contributed by atoms with van der Waals surface area (Å²) >= 11 is 0. The van der Waals surface area contributed by atoms with Gasteiger partial charge in [-0.2, -0.15) is 0 Å². The van der Waals surface area contributed by atoms with Gasteiger partial charge in [-0.3, -0.25) is 9.36 Å². The van der Waals surface area contributed by atoms with Crippen molar-refractivity contribution in [3.63, 3.8) is 0 Å².